The molecule has 0 aliphatic heterocycles. The van der Waals surface area contributed by atoms with Crippen molar-refractivity contribution in [1.82, 2.24) is 0 Å². The van der Waals surface area contributed by atoms with Crippen molar-refractivity contribution in [2.45, 2.75) is 25.6 Å². The quantitative estimate of drug-likeness (QED) is 0.724. The Labute approximate surface area is 117 Å². The molecule has 18 heavy (non-hydrogen) atoms. The van der Waals surface area contributed by atoms with Crippen LogP contribution >= 0.6 is 22.9 Å². The third-order valence-electron chi connectivity index (χ3n) is 2.91. The number of alkyl halides is 1. The summed E-state index contributed by atoms with van der Waals surface area (Å²) in [6.45, 7) is 4.25. The molecule has 0 bridgehead atoms. The molecule has 3 heteroatoms. The van der Waals surface area contributed by atoms with Crippen LogP contribution in [0.2, 0.25) is 0 Å². The minimum atomic E-state index is 0.0378. The van der Waals surface area contributed by atoms with Crippen LogP contribution in [0.3, 0.4) is 0 Å². The Morgan fingerprint density at radius 1 is 1.28 bits per heavy atom. The molecule has 0 spiro atoms. The van der Waals surface area contributed by atoms with Crippen LogP contribution in [0.1, 0.15) is 26.3 Å². The minimum absolute atomic E-state index is 0.0378. The Morgan fingerprint density at radius 2 is 2.06 bits per heavy atom. The summed E-state index contributed by atoms with van der Waals surface area (Å²) in [4.78, 5) is 2.59. The Bertz CT molecular complexity index is 533. The number of aryl methyl sites for hydroxylation is 2. The summed E-state index contributed by atoms with van der Waals surface area (Å²) in [6.07, 6.45) is 0.833. The lowest BCUT2D eigenvalue weighted by Gasteiger charge is -2.10. The number of rotatable bonds is 4. The van der Waals surface area contributed by atoms with Crippen LogP contribution in [-0.4, -0.2) is 7.11 Å². The van der Waals surface area contributed by atoms with Crippen molar-refractivity contribution < 1.29 is 4.74 Å². The maximum absolute atomic E-state index is 6.52. The summed E-state index contributed by atoms with van der Waals surface area (Å²) in [5.41, 5.74) is 2.50. The molecule has 2 rings (SSSR count). The number of halogens is 1. The maximum atomic E-state index is 6.52. The van der Waals surface area contributed by atoms with E-state index in [0.29, 0.717) is 0 Å². The van der Waals surface area contributed by atoms with E-state index in [1.807, 2.05) is 18.2 Å². The molecule has 1 aromatic carbocycles. The summed E-state index contributed by atoms with van der Waals surface area (Å²) < 4.78 is 5.23. The fraction of sp³-hybridized carbons (Fsp3) is 0.333. The van der Waals surface area contributed by atoms with Gasteiger partial charge in [-0.15, -0.1) is 22.9 Å². The van der Waals surface area contributed by atoms with Crippen molar-refractivity contribution in [2.24, 2.45) is 0 Å². The molecule has 0 fully saturated rings. The van der Waals surface area contributed by atoms with Gasteiger partial charge in [0.15, 0.2) is 0 Å². The summed E-state index contributed by atoms with van der Waals surface area (Å²) >= 11 is 8.31. The molecule has 0 N–H and O–H groups in total. The van der Waals surface area contributed by atoms with E-state index in [1.165, 1.54) is 20.9 Å². The first-order valence-electron chi connectivity index (χ1n) is 5.94. The number of thiophene rings is 1. The first-order chi connectivity index (χ1) is 8.60. The zero-order valence-electron chi connectivity index (χ0n) is 10.9. The lowest BCUT2D eigenvalue weighted by atomic mass is 10.1. The summed E-state index contributed by atoms with van der Waals surface area (Å²) in [7, 11) is 1.68. The van der Waals surface area contributed by atoms with Crippen LogP contribution in [0, 0.1) is 13.8 Å². The van der Waals surface area contributed by atoms with Crippen molar-refractivity contribution in [1.29, 1.82) is 0 Å². The zero-order valence-corrected chi connectivity index (χ0v) is 12.4. The second-order valence-electron chi connectivity index (χ2n) is 4.43. The van der Waals surface area contributed by atoms with Crippen molar-refractivity contribution in [2.75, 3.05) is 7.11 Å². The van der Waals surface area contributed by atoms with Gasteiger partial charge in [-0.25, -0.2) is 0 Å². The molecule has 1 aromatic heterocycles. The molecule has 2 aromatic rings. The molecule has 0 aliphatic rings. The largest absolute Gasteiger partial charge is 0.497 e. The van der Waals surface area contributed by atoms with E-state index in [2.05, 4.69) is 26.0 Å². The van der Waals surface area contributed by atoms with Crippen LogP contribution < -0.4 is 4.74 Å². The highest BCUT2D eigenvalue weighted by Gasteiger charge is 2.14. The van der Waals surface area contributed by atoms with Gasteiger partial charge in [0.2, 0.25) is 0 Å². The average molecular weight is 281 g/mol. The Hall–Kier alpha value is -0.990. The molecule has 1 nitrogen and oxygen atoms in total. The lowest BCUT2D eigenvalue weighted by Crippen LogP contribution is -1.95. The highest BCUT2D eigenvalue weighted by Crippen LogP contribution is 2.34. The van der Waals surface area contributed by atoms with Gasteiger partial charge in [0, 0.05) is 9.75 Å². The third kappa shape index (κ3) is 3.06. The van der Waals surface area contributed by atoms with Gasteiger partial charge in [0.05, 0.1) is 12.5 Å². The van der Waals surface area contributed by atoms with Crippen LogP contribution in [0.4, 0.5) is 0 Å². The van der Waals surface area contributed by atoms with Crippen molar-refractivity contribution in [3.8, 4) is 5.75 Å². The summed E-state index contributed by atoms with van der Waals surface area (Å²) in [5.74, 6) is 0.885. The van der Waals surface area contributed by atoms with E-state index in [1.54, 1.807) is 18.4 Å². The van der Waals surface area contributed by atoms with E-state index in [4.69, 9.17) is 16.3 Å². The summed E-state index contributed by atoms with van der Waals surface area (Å²) in [6, 6.07) is 10.3. The molecular weight excluding hydrogens is 264 g/mol. The zero-order chi connectivity index (χ0) is 13.1. The topological polar surface area (TPSA) is 9.23 Å². The van der Waals surface area contributed by atoms with E-state index in [-0.39, 0.29) is 5.38 Å². The summed E-state index contributed by atoms with van der Waals surface area (Å²) in [5, 5.41) is 0.0378. The van der Waals surface area contributed by atoms with Crippen molar-refractivity contribution in [3.05, 3.63) is 51.2 Å². The predicted octanol–water partition coefficient (Wildman–Crippen LogP) is 4.90. The number of methoxy groups -OCH3 is 1. The third-order valence-corrected chi connectivity index (χ3v) is 4.68. The molecule has 0 saturated carbocycles. The molecule has 1 heterocycles. The van der Waals surface area contributed by atoms with Gasteiger partial charge < -0.3 is 4.74 Å². The van der Waals surface area contributed by atoms with Gasteiger partial charge in [0.1, 0.15) is 5.75 Å². The Balaban J connectivity index is 2.15. The predicted molar refractivity (Wildman–Crippen MR) is 79.1 cm³/mol. The van der Waals surface area contributed by atoms with Gasteiger partial charge in [-0.1, -0.05) is 12.1 Å². The molecule has 0 aliphatic carbocycles. The fourth-order valence-corrected chi connectivity index (χ4v) is 3.57. The number of hydrogen-bond acceptors (Lipinski definition) is 2. The minimum Gasteiger partial charge on any atom is -0.497 e. The molecule has 1 unspecified atom stereocenters. The SMILES string of the molecule is COc1cccc(CC(Cl)c2sc(C)cc2C)c1. The monoisotopic (exact) mass is 280 g/mol. The average Bonchev–Trinajstić information content (AvgIpc) is 2.69. The maximum Gasteiger partial charge on any atom is 0.119 e. The van der Waals surface area contributed by atoms with Gasteiger partial charge >= 0.3 is 0 Å². The lowest BCUT2D eigenvalue weighted by molar-refractivity contribution is 0.414. The number of hydrogen-bond donors (Lipinski definition) is 0. The van der Waals surface area contributed by atoms with Crippen LogP contribution in [0.25, 0.3) is 0 Å². The number of benzene rings is 1. The van der Waals surface area contributed by atoms with E-state index < -0.39 is 0 Å². The Kier molecular flexibility index (Phi) is 4.31. The van der Waals surface area contributed by atoms with Crippen molar-refractivity contribution >= 4 is 22.9 Å². The van der Waals surface area contributed by atoms with Crippen LogP contribution in [0.5, 0.6) is 5.75 Å². The molecule has 1 atom stereocenters. The number of ether oxygens (including phenoxy) is 1. The standard InChI is InChI=1S/C15H17ClOS/c1-10-7-11(2)18-15(10)14(16)9-12-5-4-6-13(8-12)17-3/h4-8,14H,9H2,1-3H3. The molecule has 0 saturated heterocycles. The normalized spacial score (nSPS) is 12.4. The molecule has 96 valence electrons. The molecule has 0 radical (unpaired) electrons. The first-order valence-corrected chi connectivity index (χ1v) is 7.19. The molecular formula is C15H17ClOS. The highest BCUT2D eigenvalue weighted by atomic mass is 35.5. The van der Waals surface area contributed by atoms with Gasteiger partial charge in [0.25, 0.3) is 0 Å². The van der Waals surface area contributed by atoms with E-state index >= 15 is 0 Å². The van der Waals surface area contributed by atoms with E-state index in [9.17, 15) is 0 Å². The van der Waals surface area contributed by atoms with Gasteiger partial charge in [-0.05, 0) is 49.6 Å². The van der Waals surface area contributed by atoms with Gasteiger partial charge in [-0.2, -0.15) is 0 Å². The fourth-order valence-electron chi connectivity index (χ4n) is 2.07. The van der Waals surface area contributed by atoms with E-state index in [0.717, 1.165) is 12.2 Å². The molecule has 0 amide bonds. The van der Waals surface area contributed by atoms with Gasteiger partial charge in [-0.3, -0.25) is 0 Å². The second-order valence-corrected chi connectivity index (χ2v) is 6.24. The smallest absolute Gasteiger partial charge is 0.119 e. The highest BCUT2D eigenvalue weighted by molar-refractivity contribution is 7.12. The van der Waals surface area contributed by atoms with Crippen molar-refractivity contribution in [3.63, 3.8) is 0 Å². The van der Waals surface area contributed by atoms with Crippen LogP contribution in [0.15, 0.2) is 30.3 Å². The Morgan fingerprint density at radius 3 is 2.67 bits per heavy atom. The second kappa shape index (κ2) is 5.77. The van der Waals surface area contributed by atoms with Crippen LogP contribution in [-0.2, 0) is 6.42 Å². The first kappa shape index (κ1) is 13.4.